The molecule has 0 aromatic carbocycles. The van der Waals surface area contributed by atoms with Crippen LogP contribution in [-0.4, -0.2) is 36.5 Å². The van der Waals surface area contributed by atoms with Gasteiger partial charge in [0.25, 0.3) is 0 Å². The first kappa shape index (κ1) is 13.9. The number of hydrogen-bond acceptors (Lipinski definition) is 3. The van der Waals surface area contributed by atoms with Crippen LogP contribution in [0.4, 0.5) is 0 Å². The zero-order valence-electron chi connectivity index (χ0n) is 11.0. The van der Waals surface area contributed by atoms with E-state index in [9.17, 15) is 5.11 Å². The second-order valence-corrected chi connectivity index (χ2v) is 5.46. The van der Waals surface area contributed by atoms with Crippen molar-refractivity contribution in [2.24, 2.45) is 5.92 Å². The summed E-state index contributed by atoms with van der Waals surface area (Å²) in [6.45, 7) is 8.54. The Morgan fingerprint density at radius 2 is 2.25 bits per heavy atom. The average Bonchev–Trinajstić information content (AvgIpc) is 2.68. The topological polar surface area (TPSA) is 41.5 Å². The van der Waals surface area contributed by atoms with Crippen molar-refractivity contribution in [1.29, 1.82) is 0 Å². The van der Waals surface area contributed by atoms with E-state index < -0.39 is 0 Å². The molecule has 0 heterocycles. The van der Waals surface area contributed by atoms with Crippen molar-refractivity contribution >= 4 is 0 Å². The summed E-state index contributed by atoms with van der Waals surface area (Å²) in [5, 5.41) is 13.0. The van der Waals surface area contributed by atoms with Gasteiger partial charge < -0.3 is 15.2 Å². The highest BCUT2D eigenvalue weighted by atomic mass is 16.5. The summed E-state index contributed by atoms with van der Waals surface area (Å²) in [7, 11) is 0. The van der Waals surface area contributed by atoms with Gasteiger partial charge in [-0.15, -0.1) is 0 Å². The third kappa shape index (κ3) is 4.04. The molecule has 3 nitrogen and oxygen atoms in total. The average molecular weight is 229 g/mol. The van der Waals surface area contributed by atoms with E-state index in [1.54, 1.807) is 0 Å². The first-order valence-corrected chi connectivity index (χ1v) is 6.59. The van der Waals surface area contributed by atoms with Gasteiger partial charge >= 0.3 is 0 Å². The number of aliphatic hydroxyl groups is 1. The third-order valence-electron chi connectivity index (χ3n) is 3.28. The molecule has 1 saturated carbocycles. The summed E-state index contributed by atoms with van der Waals surface area (Å²) in [4.78, 5) is 0. The van der Waals surface area contributed by atoms with E-state index in [-0.39, 0.29) is 12.1 Å². The summed E-state index contributed by atoms with van der Waals surface area (Å²) in [5.74, 6) is 0.590. The molecule has 2 atom stereocenters. The molecule has 0 aromatic rings. The smallest absolute Gasteiger partial charge is 0.0614 e. The molecule has 2 unspecified atom stereocenters. The lowest BCUT2D eigenvalue weighted by Gasteiger charge is -2.28. The van der Waals surface area contributed by atoms with Gasteiger partial charge in [0.05, 0.1) is 12.7 Å². The van der Waals surface area contributed by atoms with Gasteiger partial charge in [-0.2, -0.15) is 0 Å². The van der Waals surface area contributed by atoms with E-state index >= 15 is 0 Å². The van der Waals surface area contributed by atoms with Gasteiger partial charge in [-0.1, -0.05) is 20.8 Å². The van der Waals surface area contributed by atoms with Crippen LogP contribution >= 0.6 is 0 Å². The Bertz CT molecular complexity index is 196. The van der Waals surface area contributed by atoms with Crippen LogP contribution in [0, 0.1) is 5.92 Å². The van der Waals surface area contributed by atoms with Crippen molar-refractivity contribution in [3.63, 3.8) is 0 Å². The maximum atomic E-state index is 9.52. The lowest BCUT2D eigenvalue weighted by molar-refractivity contribution is 0.0312. The van der Waals surface area contributed by atoms with Crippen molar-refractivity contribution in [3.05, 3.63) is 0 Å². The number of aliphatic hydroxyl groups excluding tert-OH is 1. The monoisotopic (exact) mass is 229 g/mol. The van der Waals surface area contributed by atoms with Gasteiger partial charge in [0.15, 0.2) is 0 Å². The summed E-state index contributed by atoms with van der Waals surface area (Å²) < 4.78 is 5.85. The Morgan fingerprint density at radius 1 is 1.50 bits per heavy atom. The second kappa shape index (κ2) is 6.58. The molecule has 0 radical (unpaired) electrons. The van der Waals surface area contributed by atoms with Gasteiger partial charge in [0.1, 0.15) is 0 Å². The molecule has 0 bridgehead atoms. The molecule has 1 fully saturated rings. The largest absolute Gasteiger partial charge is 0.394 e. The number of nitrogens with one attached hydrogen (secondary N) is 1. The van der Waals surface area contributed by atoms with Crippen LogP contribution in [0.15, 0.2) is 0 Å². The normalized spacial score (nSPS) is 30.2. The molecule has 0 aliphatic heterocycles. The first-order valence-electron chi connectivity index (χ1n) is 6.59. The van der Waals surface area contributed by atoms with Gasteiger partial charge in [0.2, 0.25) is 0 Å². The Morgan fingerprint density at radius 3 is 2.81 bits per heavy atom. The fourth-order valence-electron chi connectivity index (χ4n) is 2.30. The number of hydrogen-bond donors (Lipinski definition) is 2. The maximum Gasteiger partial charge on any atom is 0.0614 e. The Hall–Kier alpha value is -0.120. The van der Waals surface area contributed by atoms with E-state index in [1.165, 1.54) is 0 Å². The Labute approximate surface area is 99.6 Å². The molecule has 16 heavy (non-hydrogen) atoms. The van der Waals surface area contributed by atoms with Crippen molar-refractivity contribution in [2.75, 3.05) is 19.8 Å². The zero-order valence-corrected chi connectivity index (χ0v) is 11.0. The fourth-order valence-corrected chi connectivity index (χ4v) is 2.30. The SMILES string of the molecule is CCCNC1(CO)CCC(OCC(C)C)C1. The minimum atomic E-state index is -0.0718. The molecule has 3 heteroatoms. The third-order valence-corrected chi connectivity index (χ3v) is 3.28. The molecular formula is C13H27NO2. The summed E-state index contributed by atoms with van der Waals surface area (Å²) in [6, 6.07) is 0. The molecule has 1 aliphatic carbocycles. The minimum Gasteiger partial charge on any atom is -0.394 e. The van der Waals surface area contributed by atoms with Crippen LogP contribution in [0.25, 0.3) is 0 Å². The van der Waals surface area contributed by atoms with Gasteiger partial charge in [-0.25, -0.2) is 0 Å². The molecule has 1 rings (SSSR count). The van der Waals surface area contributed by atoms with E-state index in [0.717, 1.165) is 38.8 Å². The van der Waals surface area contributed by atoms with Crippen LogP contribution in [0.5, 0.6) is 0 Å². The second-order valence-electron chi connectivity index (χ2n) is 5.46. The van der Waals surface area contributed by atoms with E-state index in [0.29, 0.717) is 12.0 Å². The van der Waals surface area contributed by atoms with E-state index in [4.69, 9.17) is 4.74 Å². The predicted molar refractivity (Wildman–Crippen MR) is 66.5 cm³/mol. The Balaban J connectivity index is 2.35. The van der Waals surface area contributed by atoms with Crippen molar-refractivity contribution in [2.45, 2.75) is 58.1 Å². The highest BCUT2D eigenvalue weighted by Crippen LogP contribution is 2.31. The van der Waals surface area contributed by atoms with Crippen molar-refractivity contribution in [3.8, 4) is 0 Å². The lowest BCUT2D eigenvalue weighted by Crippen LogP contribution is -2.47. The standard InChI is InChI=1S/C13H27NO2/c1-4-7-14-13(10-15)6-5-12(8-13)16-9-11(2)3/h11-12,14-15H,4-10H2,1-3H3. The molecule has 1 aliphatic rings. The molecule has 0 aromatic heterocycles. The molecule has 2 N–H and O–H groups in total. The number of rotatable bonds is 7. The van der Waals surface area contributed by atoms with E-state index in [1.807, 2.05) is 0 Å². The highest BCUT2D eigenvalue weighted by Gasteiger charge is 2.38. The zero-order chi connectivity index (χ0) is 12.0. The number of ether oxygens (including phenoxy) is 1. The summed E-state index contributed by atoms with van der Waals surface area (Å²) >= 11 is 0. The lowest BCUT2D eigenvalue weighted by atomic mass is 9.98. The van der Waals surface area contributed by atoms with Gasteiger partial charge in [0, 0.05) is 12.1 Å². The quantitative estimate of drug-likeness (QED) is 0.701. The first-order chi connectivity index (χ1) is 7.62. The molecule has 0 saturated heterocycles. The maximum absolute atomic E-state index is 9.52. The predicted octanol–water partition coefficient (Wildman–Crippen LogP) is 1.94. The van der Waals surface area contributed by atoms with Crippen LogP contribution in [0.1, 0.15) is 46.5 Å². The van der Waals surface area contributed by atoms with Crippen LogP contribution in [0.3, 0.4) is 0 Å². The highest BCUT2D eigenvalue weighted by molar-refractivity contribution is 4.96. The van der Waals surface area contributed by atoms with Gasteiger partial charge in [-0.05, 0) is 38.1 Å². The minimum absolute atomic E-state index is 0.0718. The summed E-state index contributed by atoms with van der Waals surface area (Å²) in [5.41, 5.74) is -0.0718. The van der Waals surface area contributed by atoms with E-state index in [2.05, 4.69) is 26.1 Å². The van der Waals surface area contributed by atoms with Crippen LogP contribution in [0.2, 0.25) is 0 Å². The van der Waals surface area contributed by atoms with Crippen molar-refractivity contribution in [1.82, 2.24) is 5.32 Å². The van der Waals surface area contributed by atoms with Crippen molar-refractivity contribution < 1.29 is 9.84 Å². The Kier molecular flexibility index (Phi) is 5.73. The molecule has 96 valence electrons. The molecule has 0 spiro atoms. The van der Waals surface area contributed by atoms with Crippen LogP contribution in [-0.2, 0) is 4.74 Å². The molecular weight excluding hydrogens is 202 g/mol. The van der Waals surface area contributed by atoms with Crippen LogP contribution < -0.4 is 5.32 Å². The summed E-state index contributed by atoms with van der Waals surface area (Å²) in [6.07, 6.45) is 4.50. The molecule has 0 amide bonds. The fraction of sp³-hybridized carbons (Fsp3) is 1.00. The van der Waals surface area contributed by atoms with Gasteiger partial charge in [-0.3, -0.25) is 0 Å².